The molecule has 35 heavy (non-hydrogen) atoms. The number of allylic oxidation sites excluding steroid dienone is 2. The molecule has 2 aliphatic rings. The highest BCUT2D eigenvalue weighted by molar-refractivity contribution is 5.94. The van der Waals surface area contributed by atoms with E-state index in [0.717, 1.165) is 0 Å². The molecule has 0 aliphatic heterocycles. The predicted octanol–water partition coefficient (Wildman–Crippen LogP) is 3.90. The van der Waals surface area contributed by atoms with E-state index in [1.54, 1.807) is 52.8 Å². The van der Waals surface area contributed by atoms with Crippen molar-refractivity contribution in [3.05, 3.63) is 23.8 Å². The maximum absolute atomic E-state index is 13.9. The van der Waals surface area contributed by atoms with E-state index in [1.807, 2.05) is 6.92 Å². The number of rotatable bonds is 4. The number of hydrogen-bond acceptors (Lipinski definition) is 8. The largest absolute Gasteiger partial charge is 0.461 e. The van der Waals surface area contributed by atoms with Gasteiger partial charge in [0.05, 0.1) is 5.92 Å². The second-order valence-corrected chi connectivity index (χ2v) is 10.4. The molecule has 0 bridgehead atoms. The molecular weight excluding hydrogens is 452 g/mol. The van der Waals surface area contributed by atoms with E-state index in [2.05, 4.69) is 0 Å². The molecule has 0 aromatic rings. The van der Waals surface area contributed by atoms with E-state index in [9.17, 15) is 24.0 Å². The Labute approximate surface area is 207 Å². The molecule has 2 aliphatic carbocycles. The molecule has 0 amide bonds. The smallest absolute Gasteiger partial charge is 0.305 e. The van der Waals surface area contributed by atoms with Crippen LogP contribution in [-0.2, 0) is 38.2 Å². The van der Waals surface area contributed by atoms with E-state index in [1.165, 1.54) is 13.8 Å². The minimum Gasteiger partial charge on any atom is -0.461 e. The lowest BCUT2D eigenvalue weighted by atomic mass is 9.76. The van der Waals surface area contributed by atoms with Gasteiger partial charge in [-0.25, -0.2) is 0 Å². The van der Waals surface area contributed by atoms with Crippen LogP contribution in [0.1, 0.15) is 74.7 Å². The molecule has 0 saturated heterocycles. The third-order valence-electron chi connectivity index (χ3n) is 6.94. The summed E-state index contributed by atoms with van der Waals surface area (Å²) in [6.07, 6.45) is 3.63. The monoisotopic (exact) mass is 490 g/mol. The van der Waals surface area contributed by atoms with Crippen molar-refractivity contribution in [3.63, 3.8) is 0 Å². The van der Waals surface area contributed by atoms with Crippen LogP contribution >= 0.6 is 0 Å². The number of hydrogen-bond donors (Lipinski definition) is 0. The Morgan fingerprint density at radius 2 is 1.69 bits per heavy atom. The van der Waals surface area contributed by atoms with Gasteiger partial charge in [0.2, 0.25) is 0 Å². The normalized spacial score (nSPS) is 33.0. The molecule has 1 saturated carbocycles. The summed E-state index contributed by atoms with van der Waals surface area (Å²) in [5.74, 6) is -3.91. The Bertz CT molecular complexity index is 943. The molecular formula is C27H38O8. The van der Waals surface area contributed by atoms with Gasteiger partial charge in [0.15, 0.2) is 11.4 Å². The van der Waals surface area contributed by atoms with Gasteiger partial charge in [-0.3, -0.25) is 24.0 Å². The lowest BCUT2D eigenvalue weighted by molar-refractivity contribution is -0.172. The van der Waals surface area contributed by atoms with Gasteiger partial charge < -0.3 is 14.2 Å². The fourth-order valence-corrected chi connectivity index (χ4v) is 4.95. The van der Waals surface area contributed by atoms with Crippen LogP contribution in [0.5, 0.6) is 0 Å². The Morgan fingerprint density at radius 1 is 1.06 bits per heavy atom. The molecule has 0 heterocycles. The van der Waals surface area contributed by atoms with Crippen LogP contribution < -0.4 is 0 Å². The van der Waals surface area contributed by atoms with Gasteiger partial charge in [-0.05, 0) is 32.3 Å². The molecule has 8 heteroatoms. The Hall–Kier alpha value is -2.77. The van der Waals surface area contributed by atoms with Gasteiger partial charge in [0, 0.05) is 44.4 Å². The van der Waals surface area contributed by atoms with Crippen LogP contribution in [-0.4, -0.2) is 47.3 Å². The Kier molecular flexibility index (Phi) is 8.84. The van der Waals surface area contributed by atoms with Crippen LogP contribution in [0.25, 0.3) is 0 Å². The second-order valence-electron chi connectivity index (χ2n) is 10.4. The van der Waals surface area contributed by atoms with Crippen molar-refractivity contribution in [1.29, 1.82) is 0 Å². The number of fused-ring (bicyclic) bond motifs is 1. The van der Waals surface area contributed by atoms with Gasteiger partial charge >= 0.3 is 17.9 Å². The highest BCUT2D eigenvalue weighted by Gasteiger charge is 2.60. The fourth-order valence-electron chi connectivity index (χ4n) is 4.95. The summed E-state index contributed by atoms with van der Waals surface area (Å²) in [4.78, 5) is 63.5. The van der Waals surface area contributed by atoms with E-state index >= 15 is 0 Å². The topological polar surface area (TPSA) is 113 Å². The average molecular weight is 491 g/mol. The SMILES string of the molecule is CCC(=O)OC1C(C)CC2(OC(C)=O)C(=O)C(C)C=CC(C)(C)C(=O)CC(OC(C)=O)C(C)=CC12. The van der Waals surface area contributed by atoms with Gasteiger partial charge in [-0.15, -0.1) is 0 Å². The molecule has 0 spiro atoms. The standard InChI is InChI=1S/C27H38O8/c1-9-23(31)34-24-17(4)14-27(35-19(6)29)20(24)12-16(3)21(33-18(5)28)13-22(30)26(7,8)11-10-15(2)25(27)32/h10-12,15,17,20-21,24H,9,13-14H2,1-8H3. The molecule has 6 unspecified atom stereocenters. The van der Waals surface area contributed by atoms with Gasteiger partial charge in [0.1, 0.15) is 18.0 Å². The zero-order valence-electron chi connectivity index (χ0n) is 22.0. The highest BCUT2D eigenvalue weighted by Crippen LogP contribution is 2.48. The second kappa shape index (κ2) is 10.9. The number of Topliss-reactive ketones (excluding diaryl/α,β-unsaturated/α-hetero) is 2. The van der Waals surface area contributed by atoms with Crippen LogP contribution in [0.2, 0.25) is 0 Å². The summed E-state index contributed by atoms with van der Waals surface area (Å²) in [5.41, 5.74) is -1.98. The van der Waals surface area contributed by atoms with Gasteiger partial charge in [-0.1, -0.05) is 39.0 Å². The Morgan fingerprint density at radius 3 is 2.23 bits per heavy atom. The fraction of sp³-hybridized carbons (Fsp3) is 0.667. The molecule has 0 aromatic heterocycles. The first-order valence-corrected chi connectivity index (χ1v) is 12.2. The molecule has 194 valence electrons. The third-order valence-corrected chi connectivity index (χ3v) is 6.94. The first-order valence-electron chi connectivity index (χ1n) is 12.2. The summed E-state index contributed by atoms with van der Waals surface area (Å²) in [7, 11) is 0. The molecule has 8 nitrogen and oxygen atoms in total. The summed E-state index contributed by atoms with van der Waals surface area (Å²) in [5, 5.41) is 0. The molecule has 0 radical (unpaired) electrons. The summed E-state index contributed by atoms with van der Waals surface area (Å²) in [6, 6.07) is 0. The van der Waals surface area contributed by atoms with Crippen molar-refractivity contribution in [2.75, 3.05) is 0 Å². The van der Waals surface area contributed by atoms with Crippen LogP contribution in [0, 0.1) is 23.2 Å². The van der Waals surface area contributed by atoms with E-state index in [0.29, 0.717) is 5.57 Å². The minimum atomic E-state index is -1.58. The number of ketones is 2. The molecule has 1 fully saturated rings. The quantitative estimate of drug-likeness (QED) is 0.331. The van der Waals surface area contributed by atoms with Crippen molar-refractivity contribution in [2.24, 2.45) is 23.2 Å². The highest BCUT2D eigenvalue weighted by atomic mass is 16.6. The third kappa shape index (κ3) is 6.27. The maximum Gasteiger partial charge on any atom is 0.305 e. The number of ether oxygens (including phenoxy) is 3. The molecule has 0 aromatic carbocycles. The first kappa shape index (κ1) is 28.5. The predicted molar refractivity (Wildman–Crippen MR) is 128 cm³/mol. The summed E-state index contributed by atoms with van der Waals surface area (Å²) in [6.45, 7) is 12.9. The van der Waals surface area contributed by atoms with Crippen molar-refractivity contribution >= 4 is 29.5 Å². The van der Waals surface area contributed by atoms with Crippen LogP contribution in [0.15, 0.2) is 23.8 Å². The Balaban J connectivity index is 2.79. The van der Waals surface area contributed by atoms with Gasteiger partial charge in [-0.2, -0.15) is 0 Å². The van der Waals surface area contributed by atoms with Crippen LogP contribution in [0.4, 0.5) is 0 Å². The van der Waals surface area contributed by atoms with E-state index < -0.39 is 53.0 Å². The summed E-state index contributed by atoms with van der Waals surface area (Å²) >= 11 is 0. The zero-order chi connectivity index (χ0) is 26.7. The van der Waals surface area contributed by atoms with Crippen molar-refractivity contribution in [1.82, 2.24) is 0 Å². The number of esters is 3. The first-order chi connectivity index (χ1) is 16.1. The molecule has 2 rings (SSSR count). The van der Waals surface area contributed by atoms with Crippen molar-refractivity contribution in [2.45, 2.75) is 92.5 Å². The maximum atomic E-state index is 13.9. The van der Waals surface area contributed by atoms with E-state index in [-0.39, 0.29) is 36.7 Å². The number of carbonyl (C=O) groups is 5. The average Bonchev–Trinajstić information content (AvgIpc) is 3.00. The summed E-state index contributed by atoms with van der Waals surface area (Å²) < 4.78 is 17.1. The van der Waals surface area contributed by atoms with Crippen molar-refractivity contribution in [3.8, 4) is 0 Å². The lowest BCUT2D eigenvalue weighted by Gasteiger charge is -2.36. The van der Waals surface area contributed by atoms with Crippen molar-refractivity contribution < 1.29 is 38.2 Å². The zero-order valence-corrected chi connectivity index (χ0v) is 22.0. The molecule has 6 atom stereocenters. The minimum absolute atomic E-state index is 0.0656. The van der Waals surface area contributed by atoms with Gasteiger partial charge in [0.25, 0.3) is 0 Å². The van der Waals surface area contributed by atoms with E-state index in [4.69, 9.17) is 14.2 Å². The number of carbonyl (C=O) groups excluding carboxylic acids is 5. The lowest BCUT2D eigenvalue weighted by Crippen LogP contribution is -2.50. The molecule has 0 N–H and O–H groups in total. The van der Waals surface area contributed by atoms with Crippen LogP contribution in [0.3, 0.4) is 0 Å².